The van der Waals surface area contributed by atoms with Gasteiger partial charge in [0.15, 0.2) is 5.17 Å². The number of amidine groups is 1. The molecule has 1 heterocycles. The number of benzene rings is 2. The summed E-state index contributed by atoms with van der Waals surface area (Å²) in [4.78, 5) is 16.2. The number of aliphatic imine (C=N–C) groups is 1. The Morgan fingerprint density at radius 2 is 1.96 bits per heavy atom. The second kappa shape index (κ2) is 7.97. The second-order valence-corrected chi connectivity index (χ2v) is 6.36. The molecule has 0 aliphatic carbocycles. The van der Waals surface area contributed by atoms with Crippen molar-refractivity contribution in [3.8, 4) is 11.5 Å². The molecule has 0 bridgehead atoms. The first-order valence-electron chi connectivity index (χ1n) is 7.81. The van der Waals surface area contributed by atoms with Crippen molar-refractivity contribution in [1.29, 1.82) is 0 Å². The van der Waals surface area contributed by atoms with Crippen molar-refractivity contribution < 1.29 is 13.9 Å². The van der Waals surface area contributed by atoms with Gasteiger partial charge in [0.2, 0.25) is 0 Å². The lowest BCUT2D eigenvalue weighted by atomic mass is 10.1. The summed E-state index contributed by atoms with van der Waals surface area (Å²) in [6.45, 7) is 0. The SMILES string of the molecule is COc1ccc2c(CSC(N)=Nc3ccccc3OC)cc(=O)oc2c1. The molecule has 0 fully saturated rings. The van der Waals surface area contributed by atoms with Crippen molar-refractivity contribution >= 4 is 33.6 Å². The van der Waals surface area contributed by atoms with Crippen LogP contribution in [0.15, 0.2) is 62.7 Å². The van der Waals surface area contributed by atoms with Gasteiger partial charge in [0.05, 0.1) is 14.2 Å². The van der Waals surface area contributed by atoms with Crippen molar-refractivity contribution in [2.45, 2.75) is 5.75 Å². The largest absolute Gasteiger partial charge is 0.497 e. The highest BCUT2D eigenvalue weighted by Gasteiger charge is 2.09. The Bertz CT molecular complexity index is 1010. The number of nitrogens with two attached hydrogens (primary N) is 1. The minimum atomic E-state index is -0.415. The fourth-order valence-electron chi connectivity index (χ4n) is 2.48. The van der Waals surface area contributed by atoms with Crippen LogP contribution >= 0.6 is 11.8 Å². The molecule has 1 aromatic heterocycles. The van der Waals surface area contributed by atoms with Gasteiger partial charge in [-0.25, -0.2) is 9.79 Å². The van der Waals surface area contributed by atoms with E-state index in [0.717, 1.165) is 10.9 Å². The van der Waals surface area contributed by atoms with Crippen LogP contribution in [0.2, 0.25) is 0 Å². The Labute approximate surface area is 154 Å². The number of fused-ring (bicyclic) bond motifs is 1. The summed E-state index contributed by atoms with van der Waals surface area (Å²) in [5.41, 5.74) is 7.58. The van der Waals surface area contributed by atoms with Crippen LogP contribution in [0, 0.1) is 0 Å². The predicted molar refractivity (Wildman–Crippen MR) is 105 cm³/mol. The highest BCUT2D eigenvalue weighted by molar-refractivity contribution is 8.13. The fourth-order valence-corrected chi connectivity index (χ4v) is 3.19. The van der Waals surface area contributed by atoms with Gasteiger partial charge in [-0.1, -0.05) is 23.9 Å². The van der Waals surface area contributed by atoms with Crippen molar-refractivity contribution in [3.63, 3.8) is 0 Å². The minimum absolute atomic E-state index is 0.379. The van der Waals surface area contributed by atoms with Crippen molar-refractivity contribution in [2.75, 3.05) is 14.2 Å². The molecule has 0 atom stereocenters. The lowest BCUT2D eigenvalue weighted by molar-refractivity contribution is 0.414. The number of hydrogen-bond acceptors (Lipinski definition) is 6. The Morgan fingerprint density at radius 1 is 1.15 bits per heavy atom. The van der Waals surface area contributed by atoms with Gasteiger partial charge in [-0.2, -0.15) is 0 Å². The molecule has 2 N–H and O–H groups in total. The van der Waals surface area contributed by atoms with Gasteiger partial charge in [0, 0.05) is 23.3 Å². The summed E-state index contributed by atoms with van der Waals surface area (Å²) >= 11 is 1.34. The van der Waals surface area contributed by atoms with Gasteiger partial charge < -0.3 is 19.6 Å². The quantitative estimate of drug-likeness (QED) is 0.419. The summed E-state index contributed by atoms with van der Waals surface area (Å²) in [6.07, 6.45) is 0. The highest BCUT2D eigenvalue weighted by Crippen LogP contribution is 2.29. The first-order chi connectivity index (χ1) is 12.6. The van der Waals surface area contributed by atoms with Crippen LogP contribution in [0.5, 0.6) is 11.5 Å². The molecule has 26 heavy (non-hydrogen) atoms. The van der Waals surface area contributed by atoms with E-state index in [4.69, 9.17) is 19.6 Å². The first-order valence-corrected chi connectivity index (χ1v) is 8.80. The molecule has 0 spiro atoms. The summed E-state index contributed by atoms with van der Waals surface area (Å²) in [7, 11) is 3.15. The van der Waals surface area contributed by atoms with E-state index in [0.29, 0.717) is 33.7 Å². The van der Waals surface area contributed by atoms with Crippen molar-refractivity contribution in [2.24, 2.45) is 10.7 Å². The minimum Gasteiger partial charge on any atom is -0.497 e. The molecule has 7 heteroatoms. The Kier molecular flexibility index (Phi) is 5.48. The third kappa shape index (κ3) is 4.00. The van der Waals surface area contributed by atoms with E-state index < -0.39 is 5.63 Å². The number of methoxy groups -OCH3 is 2. The molecule has 0 aliphatic rings. The molecule has 0 amide bonds. The monoisotopic (exact) mass is 370 g/mol. The molecule has 0 saturated heterocycles. The standard InChI is InChI=1S/C19H18N2O4S/c1-23-13-7-8-14-12(9-18(22)25-17(14)10-13)11-26-19(20)21-15-5-3-4-6-16(15)24-2/h3-10H,11H2,1-2H3,(H2,20,21). The van der Waals surface area contributed by atoms with E-state index in [9.17, 15) is 4.79 Å². The molecular formula is C19H18N2O4S. The van der Waals surface area contributed by atoms with Crippen molar-refractivity contribution in [1.82, 2.24) is 0 Å². The molecule has 6 nitrogen and oxygen atoms in total. The summed E-state index contributed by atoms with van der Waals surface area (Å²) in [6, 6.07) is 14.2. The van der Waals surface area contributed by atoms with Crippen LogP contribution in [0.3, 0.4) is 0 Å². The predicted octanol–water partition coefficient (Wildman–Crippen LogP) is 3.69. The molecule has 134 valence electrons. The number of thioether (sulfide) groups is 1. The fraction of sp³-hybridized carbons (Fsp3) is 0.158. The topological polar surface area (TPSA) is 87.0 Å². The van der Waals surface area contributed by atoms with Gasteiger partial charge in [-0.05, 0) is 29.8 Å². The zero-order chi connectivity index (χ0) is 18.5. The Morgan fingerprint density at radius 3 is 2.73 bits per heavy atom. The molecule has 3 rings (SSSR count). The summed E-state index contributed by atoms with van der Waals surface area (Å²) in [5.74, 6) is 1.76. The van der Waals surface area contributed by atoms with E-state index in [1.807, 2.05) is 36.4 Å². The third-order valence-corrected chi connectivity index (χ3v) is 4.57. The number of para-hydroxylation sites is 2. The molecule has 0 unspecified atom stereocenters. The zero-order valence-corrected chi connectivity index (χ0v) is 15.2. The third-order valence-electron chi connectivity index (χ3n) is 3.73. The zero-order valence-electron chi connectivity index (χ0n) is 14.4. The number of rotatable bonds is 5. The van der Waals surface area contributed by atoms with Gasteiger partial charge in [0.1, 0.15) is 22.8 Å². The van der Waals surface area contributed by atoms with Crippen LogP contribution in [0.25, 0.3) is 11.0 Å². The lowest BCUT2D eigenvalue weighted by Gasteiger charge is -2.07. The molecule has 2 aromatic carbocycles. The summed E-state index contributed by atoms with van der Waals surface area (Å²) in [5, 5.41) is 1.22. The van der Waals surface area contributed by atoms with E-state index in [1.165, 1.54) is 17.8 Å². The van der Waals surface area contributed by atoms with Crippen LogP contribution in [0.4, 0.5) is 5.69 Å². The number of ether oxygens (including phenoxy) is 2. The molecule has 0 aliphatic heterocycles. The molecular weight excluding hydrogens is 352 g/mol. The highest BCUT2D eigenvalue weighted by atomic mass is 32.2. The smallest absolute Gasteiger partial charge is 0.336 e. The Balaban J connectivity index is 1.85. The average Bonchev–Trinajstić information content (AvgIpc) is 2.65. The van der Waals surface area contributed by atoms with E-state index in [2.05, 4.69) is 4.99 Å². The van der Waals surface area contributed by atoms with Crippen LogP contribution < -0.4 is 20.8 Å². The van der Waals surface area contributed by atoms with Gasteiger partial charge >= 0.3 is 5.63 Å². The molecule has 0 saturated carbocycles. The van der Waals surface area contributed by atoms with Crippen LogP contribution in [-0.2, 0) is 5.75 Å². The van der Waals surface area contributed by atoms with Gasteiger partial charge in [-0.3, -0.25) is 0 Å². The average molecular weight is 370 g/mol. The molecule has 0 radical (unpaired) electrons. The lowest BCUT2D eigenvalue weighted by Crippen LogP contribution is -2.07. The second-order valence-electron chi connectivity index (χ2n) is 5.36. The maximum atomic E-state index is 11.8. The maximum absolute atomic E-state index is 11.8. The van der Waals surface area contributed by atoms with Crippen LogP contribution in [-0.4, -0.2) is 19.4 Å². The van der Waals surface area contributed by atoms with E-state index in [-0.39, 0.29) is 0 Å². The first kappa shape index (κ1) is 17.9. The normalized spacial score (nSPS) is 11.5. The van der Waals surface area contributed by atoms with Gasteiger partial charge in [0.25, 0.3) is 0 Å². The maximum Gasteiger partial charge on any atom is 0.336 e. The molecule has 3 aromatic rings. The Hall–Kier alpha value is -2.93. The summed E-state index contributed by atoms with van der Waals surface area (Å²) < 4.78 is 15.7. The van der Waals surface area contributed by atoms with Crippen molar-refractivity contribution in [3.05, 3.63) is 64.5 Å². The van der Waals surface area contributed by atoms with E-state index >= 15 is 0 Å². The van der Waals surface area contributed by atoms with Crippen LogP contribution in [0.1, 0.15) is 5.56 Å². The van der Waals surface area contributed by atoms with E-state index in [1.54, 1.807) is 20.3 Å². The van der Waals surface area contributed by atoms with Gasteiger partial charge in [-0.15, -0.1) is 0 Å². The number of hydrogen-bond donors (Lipinski definition) is 1. The number of nitrogens with zero attached hydrogens (tertiary/aromatic N) is 1.